The fourth-order valence-corrected chi connectivity index (χ4v) is 2.01. The Hall–Kier alpha value is -1.62. The minimum Gasteiger partial charge on any atom is -0.409 e. The quantitative estimate of drug-likeness (QED) is 0.224. The second-order valence-corrected chi connectivity index (χ2v) is 5.76. The maximum atomic E-state index is 8.72. The lowest BCUT2D eigenvalue weighted by molar-refractivity contribution is 0.304. The van der Waals surface area contributed by atoms with Gasteiger partial charge in [0.15, 0.2) is 0 Å². The summed E-state index contributed by atoms with van der Waals surface area (Å²) >= 11 is 0. The first-order valence-corrected chi connectivity index (χ1v) is 7.09. The van der Waals surface area contributed by atoms with Gasteiger partial charge in [-0.05, 0) is 38.4 Å². The Balaban J connectivity index is 2.23. The number of hydrogen-bond donors (Lipinski definition) is 3. The number of aromatic nitrogens is 1. The zero-order valence-electron chi connectivity index (χ0n) is 12.6. The lowest BCUT2D eigenvalue weighted by Crippen LogP contribution is -2.32. The van der Waals surface area contributed by atoms with E-state index in [9.17, 15) is 0 Å². The van der Waals surface area contributed by atoms with Crippen LogP contribution in [0.5, 0.6) is 0 Å². The van der Waals surface area contributed by atoms with Crippen molar-refractivity contribution >= 4 is 5.84 Å². The summed E-state index contributed by atoms with van der Waals surface area (Å²) in [5.74, 6) is 0.298. The van der Waals surface area contributed by atoms with Gasteiger partial charge in [-0.15, -0.1) is 0 Å². The standard InChI is InChI=1S/C15H26N4O/c1-12(13-8-4-6-11-18-13)17-10-7-5-9-15(2,3)14(16)19-20/h4,6,8,11-12,17,20H,5,7,9-10H2,1-3H3,(H2,16,19)/t12-/m0/s1. The van der Waals surface area contributed by atoms with Gasteiger partial charge in [-0.1, -0.05) is 31.5 Å². The van der Waals surface area contributed by atoms with E-state index in [4.69, 9.17) is 10.9 Å². The Bertz CT molecular complexity index is 417. The summed E-state index contributed by atoms with van der Waals surface area (Å²) in [4.78, 5) is 4.33. The first-order chi connectivity index (χ1) is 9.47. The molecule has 0 aliphatic carbocycles. The van der Waals surface area contributed by atoms with Gasteiger partial charge in [0.05, 0.1) is 5.69 Å². The van der Waals surface area contributed by atoms with Crippen molar-refractivity contribution in [3.63, 3.8) is 0 Å². The molecule has 1 heterocycles. The fourth-order valence-electron chi connectivity index (χ4n) is 2.01. The van der Waals surface area contributed by atoms with Crippen LogP contribution in [0.1, 0.15) is 51.8 Å². The molecule has 1 aromatic heterocycles. The normalized spacial score (nSPS) is 14.2. The molecule has 1 aromatic rings. The van der Waals surface area contributed by atoms with Crippen molar-refractivity contribution in [2.45, 2.75) is 46.1 Å². The van der Waals surface area contributed by atoms with Crippen LogP contribution in [0, 0.1) is 5.41 Å². The van der Waals surface area contributed by atoms with Gasteiger partial charge in [0.2, 0.25) is 0 Å². The molecule has 0 saturated carbocycles. The van der Waals surface area contributed by atoms with Crippen LogP contribution < -0.4 is 11.1 Å². The highest BCUT2D eigenvalue weighted by atomic mass is 16.4. The molecule has 0 saturated heterocycles. The summed E-state index contributed by atoms with van der Waals surface area (Å²) in [6.45, 7) is 7.03. The third-order valence-electron chi connectivity index (χ3n) is 3.61. The maximum absolute atomic E-state index is 8.72. The van der Waals surface area contributed by atoms with Crippen LogP contribution in [0.15, 0.2) is 29.6 Å². The summed E-state index contributed by atoms with van der Waals surface area (Å²) in [6, 6.07) is 6.21. The molecule has 0 aromatic carbocycles. The van der Waals surface area contributed by atoms with Gasteiger partial charge in [-0.3, -0.25) is 4.98 Å². The monoisotopic (exact) mass is 278 g/mol. The smallest absolute Gasteiger partial charge is 0.144 e. The van der Waals surface area contributed by atoms with Crippen molar-refractivity contribution in [1.82, 2.24) is 10.3 Å². The molecular formula is C15H26N4O. The second kappa shape index (κ2) is 7.85. The lowest BCUT2D eigenvalue weighted by atomic mass is 9.86. The average Bonchev–Trinajstić information content (AvgIpc) is 2.46. The lowest BCUT2D eigenvalue weighted by Gasteiger charge is -2.22. The van der Waals surface area contributed by atoms with Crippen LogP contribution in [0.4, 0.5) is 0 Å². The SMILES string of the molecule is C[C@H](NCCCCC(C)(C)/C(N)=N/O)c1ccccn1. The summed E-state index contributed by atoms with van der Waals surface area (Å²) in [5, 5.41) is 15.3. The van der Waals surface area contributed by atoms with E-state index in [0.29, 0.717) is 5.84 Å². The van der Waals surface area contributed by atoms with E-state index in [1.807, 2.05) is 38.2 Å². The number of pyridine rings is 1. The fraction of sp³-hybridized carbons (Fsp3) is 0.600. The van der Waals surface area contributed by atoms with E-state index in [1.165, 1.54) is 0 Å². The minimum atomic E-state index is -0.249. The molecule has 0 unspecified atom stereocenters. The maximum Gasteiger partial charge on any atom is 0.144 e. The number of nitrogens with zero attached hydrogens (tertiary/aromatic N) is 2. The van der Waals surface area contributed by atoms with E-state index < -0.39 is 0 Å². The number of hydrogen-bond acceptors (Lipinski definition) is 4. The number of oxime groups is 1. The van der Waals surface area contributed by atoms with Crippen molar-refractivity contribution in [1.29, 1.82) is 0 Å². The highest BCUT2D eigenvalue weighted by Gasteiger charge is 2.22. The molecule has 5 heteroatoms. The van der Waals surface area contributed by atoms with Crippen LogP contribution in [-0.4, -0.2) is 22.6 Å². The van der Waals surface area contributed by atoms with Gasteiger partial charge in [0.25, 0.3) is 0 Å². The average molecular weight is 278 g/mol. The molecule has 0 spiro atoms. The minimum absolute atomic E-state index is 0.249. The molecule has 0 aliphatic heterocycles. The van der Waals surface area contributed by atoms with E-state index in [0.717, 1.165) is 31.5 Å². The molecule has 20 heavy (non-hydrogen) atoms. The molecule has 0 bridgehead atoms. The van der Waals surface area contributed by atoms with Gasteiger partial charge in [0.1, 0.15) is 5.84 Å². The number of rotatable bonds is 8. The zero-order chi connectivity index (χ0) is 15.0. The summed E-state index contributed by atoms with van der Waals surface area (Å²) in [6.07, 6.45) is 4.81. The molecule has 0 radical (unpaired) electrons. The number of amidine groups is 1. The molecule has 1 atom stereocenters. The number of nitrogens with one attached hydrogen (secondary N) is 1. The zero-order valence-corrected chi connectivity index (χ0v) is 12.6. The molecular weight excluding hydrogens is 252 g/mol. The van der Waals surface area contributed by atoms with Gasteiger partial charge in [-0.2, -0.15) is 0 Å². The number of unbranched alkanes of at least 4 members (excludes halogenated alkanes) is 1. The van der Waals surface area contributed by atoms with Gasteiger partial charge < -0.3 is 16.3 Å². The third-order valence-corrected chi connectivity index (χ3v) is 3.61. The Kier molecular flexibility index (Phi) is 6.45. The first kappa shape index (κ1) is 16.4. The van der Waals surface area contributed by atoms with Crippen LogP contribution in [0.25, 0.3) is 0 Å². The van der Waals surface area contributed by atoms with Crippen molar-refractivity contribution in [2.24, 2.45) is 16.3 Å². The van der Waals surface area contributed by atoms with E-state index >= 15 is 0 Å². The van der Waals surface area contributed by atoms with Crippen LogP contribution >= 0.6 is 0 Å². The van der Waals surface area contributed by atoms with Crippen molar-refractivity contribution < 1.29 is 5.21 Å². The highest BCUT2D eigenvalue weighted by molar-refractivity contribution is 5.85. The summed E-state index contributed by atoms with van der Waals surface area (Å²) < 4.78 is 0. The molecule has 5 nitrogen and oxygen atoms in total. The van der Waals surface area contributed by atoms with Crippen LogP contribution in [0.2, 0.25) is 0 Å². The molecule has 112 valence electrons. The van der Waals surface area contributed by atoms with Crippen LogP contribution in [0.3, 0.4) is 0 Å². The van der Waals surface area contributed by atoms with Crippen molar-refractivity contribution in [3.05, 3.63) is 30.1 Å². The number of nitrogens with two attached hydrogens (primary N) is 1. The van der Waals surface area contributed by atoms with E-state index in [2.05, 4.69) is 22.4 Å². The van der Waals surface area contributed by atoms with Gasteiger partial charge in [-0.25, -0.2) is 0 Å². The van der Waals surface area contributed by atoms with Crippen molar-refractivity contribution in [2.75, 3.05) is 6.54 Å². The third kappa shape index (κ3) is 5.17. The van der Waals surface area contributed by atoms with E-state index in [1.54, 1.807) is 0 Å². The Morgan fingerprint density at radius 3 is 2.80 bits per heavy atom. The highest BCUT2D eigenvalue weighted by Crippen LogP contribution is 2.23. The largest absolute Gasteiger partial charge is 0.409 e. The summed E-state index contributed by atoms with van der Waals surface area (Å²) in [7, 11) is 0. The molecule has 0 fully saturated rings. The van der Waals surface area contributed by atoms with Gasteiger partial charge in [0, 0.05) is 17.7 Å². The molecule has 0 aliphatic rings. The Labute approximate surface area is 121 Å². The Morgan fingerprint density at radius 2 is 2.20 bits per heavy atom. The van der Waals surface area contributed by atoms with Crippen LogP contribution in [-0.2, 0) is 0 Å². The predicted octanol–water partition coefficient (Wildman–Crippen LogP) is 2.68. The molecule has 1 rings (SSSR count). The first-order valence-electron chi connectivity index (χ1n) is 7.09. The second-order valence-electron chi connectivity index (χ2n) is 5.76. The predicted molar refractivity (Wildman–Crippen MR) is 81.7 cm³/mol. The van der Waals surface area contributed by atoms with Gasteiger partial charge >= 0.3 is 0 Å². The topological polar surface area (TPSA) is 83.5 Å². The van der Waals surface area contributed by atoms with Crippen molar-refractivity contribution in [3.8, 4) is 0 Å². The molecule has 4 N–H and O–H groups in total. The molecule has 0 amide bonds. The van der Waals surface area contributed by atoms with E-state index in [-0.39, 0.29) is 11.5 Å². The Morgan fingerprint density at radius 1 is 1.45 bits per heavy atom. The summed E-state index contributed by atoms with van der Waals surface area (Å²) in [5.41, 5.74) is 6.48.